The van der Waals surface area contributed by atoms with Crippen molar-refractivity contribution in [2.24, 2.45) is 0 Å². The van der Waals surface area contributed by atoms with E-state index >= 15 is 0 Å². The van der Waals surface area contributed by atoms with E-state index in [9.17, 15) is 19.5 Å². The molecule has 0 aromatic heterocycles. The Morgan fingerprint density at radius 3 is 1.91 bits per heavy atom. The molecule has 0 saturated heterocycles. The number of fused-ring (bicyclic) bond motifs is 3. The van der Waals surface area contributed by atoms with Crippen molar-refractivity contribution in [1.82, 2.24) is 5.32 Å². The smallest absolute Gasteiger partial charge is 0.407 e. The Hall–Kier alpha value is -4.13. The minimum Gasteiger partial charge on any atom is -0.481 e. The average molecular weight is 445 g/mol. The number of ether oxygens (including phenoxy) is 1. The molecule has 0 radical (unpaired) electrons. The van der Waals surface area contributed by atoms with Gasteiger partial charge in [0.05, 0.1) is 6.42 Å². The van der Waals surface area contributed by atoms with E-state index in [1.165, 1.54) is 0 Å². The van der Waals surface area contributed by atoms with Gasteiger partial charge in [-0.1, -0.05) is 72.8 Å². The van der Waals surface area contributed by atoms with Crippen LogP contribution in [0.25, 0.3) is 11.1 Å². The third-order valence-electron chi connectivity index (χ3n) is 5.75. The van der Waals surface area contributed by atoms with Crippen LogP contribution >= 0.6 is 0 Å². The predicted octanol–water partition coefficient (Wildman–Crippen LogP) is 3.85. The fourth-order valence-corrected chi connectivity index (χ4v) is 4.19. The third kappa shape index (κ3) is 5.03. The van der Waals surface area contributed by atoms with E-state index in [-0.39, 0.29) is 25.4 Å². The number of aliphatic carboxylic acids is 2. The lowest BCUT2D eigenvalue weighted by atomic mass is 9.98. The number of amides is 1. The molecule has 3 aromatic rings. The van der Waals surface area contributed by atoms with Crippen molar-refractivity contribution in [3.05, 3.63) is 95.1 Å². The van der Waals surface area contributed by atoms with E-state index in [1.807, 2.05) is 48.5 Å². The van der Waals surface area contributed by atoms with Crippen LogP contribution in [0.2, 0.25) is 0 Å². The summed E-state index contributed by atoms with van der Waals surface area (Å²) in [5.74, 6) is -2.24. The zero-order valence-corrected chi connectivity index (χ0v) is 17.7. The Labute approximate surface area is 190 Å². The fourth-order valence-electron chi connectivity index (χ4n) is 4.19. The molecule has 1 amide bonds. The van der Waals surface area contributed by atoms with Crippen LogP contribution in [-0.2, 0) is 27.2 Å². The number of carbonyl (C=O) groups is 3. The summed E-state index contributed by atoms with van der Waals surface area (Å²) in [6.07, 6.45) is -0.861. The van der Waals surface area contributed by atoms with E-state index in [2.05, 4.69) is 5.32 Å². The molecule has 7 heteroatoms. The highest BCUT2D eigenvalue weighted by molar-refractivity contribution is 5.81. The topological polar surface area (TPSA) is 113 Å². The van der Waals surface area contributed by atoms with Gasteiger partial charge in [0.15, 0.2) is 0 Å². The van der Waals surface area contributed by atoms with E-state index in [1.54, 1.807) is 24.3 Å². The lowest BCUT2D eigenvalue weighted by Crippen LogP contribution is -2.42. The fraction of sp³-hybridized carbons (Fsp3) is 0.192. The lowest BCUT2D eigenvalue weighted by molar-refractivity contribution is -0.139. The summed E-state index contributed by atoms with van der Waals surface area (Å²) >= 11 is 0. The van der Waals surface area contributed by atoms with Crippen LogP contribution < -0.4 is 5.32 Å². The van der Waals surface area contributed by atoms with Gasteiger partial charge in [0.1, 0.15) is 12.6 Å². The van der Waals surface area contributed by atoms with Gasteiger partial charge in [-0.3, -0.25) is 4.79 Å². The molecule has 1 aliphatic rings. The van der Waals surface area contributed by atoms with Crippen LogP contribution in [0.4, 0.5) is 4.79 Å². The largest absolute Gasteiger partial charge is 0.481 e. The minimum absolute atomic E-state index is 0.0485. The first-order chi connectivity index (χ1) is 15.9. The Morgan fingerprint density at radius 2 is 1.36 bits per heavy atom. The van der Waals surface area contributed by atoms with Gasteiger partial charge in [0.25, 0.3) is 0 Å². The van der Waals surface area contributed by atoms with Crippen molar-refractivity contribution >= 4 is 18.0 Å². The molecule has 7 nitrogen and oxygen atoms in total. The number of hydrogen-bond acceptors (Lipinski definition) is 4. The maximum atomic E-state index is 12.4. The van der Waals surface area contributed by atoms with Crippen LogP contribution in [0.3, 0.4) is 0 Å². The molecule has 0 unspecified atom stereocenters. The van der Waals surface area contributed by atoms with Crippen molar-refractivity contribution < 1.29 is 29.3 Å². The molecule has 0 fully saturated rings. The van der Waals surface area contributed by atoms with E-state index in [0.29, 0.717) is 11.1 Å². The third-order valence-corrected chi connectivity index (χ3v) is 5.75. The number of hydrogen-bond donors (Lipinski definition) is 3. The predicted molar refractivity (Wildman–Crippen MR) is 121 cm³/mol. The molecule has 0 aliphatic heterocycles. The van der Waals surface area contributed by atoms with Crippen molar-refractivity contribution in [3.8, 4) is 11.1 Å². The highest BCUT2D eigenvalue weighted by atomic mass is 16.5. The monoisotopic (exact) mass is 445 g/mol. The van der Waals surface area contributed by atoms with E-state index < -0.39 is 24.1 Å². The van der Waals surface area contributed by atoms with Crippen molar-refractivity contribution in [1.29, 1.82) is 0 Å². The second kappa shape index (κ2) is 9.56. The second-order valence-corrected chi connectivity index (χ2v) is 7.95. The van der Waals surface area contributed by atoms with Gasteiger partial charge in [0.2, 0.25) is 0 Å². The van der Waals surface area contributed by atoms with E-state index in [0.717, 1.165) is 22.3 Å². The Kier molecular flexibility index (Phi) is 6.40. The molecule has 0 saturated carbocycles. The van der Waals surface area contributed by atoms with Crippen molar-refractivity contribution in [3.63, 3.8) is 0 Å². The maximum absolute atomic E-state index is 12.4. The van der Waals surface area contributed by atoms with Gasteiger partial charge in [-0.2, -0.15) is 0 Å². The minimum atomic E-state index is -1.18. The zero-order valence-electron chi connectivity index (χ0n) is 17.7. The van der Waals surface area contributed by atoms with Gasteiger partial charge >= 0.3 is 18.0 Å². The summed E-state index contributed by atoms with van der Waals surface area (Å²) in [5.41, 5.74) is 5.64. The van der Waals surface area contributed by atoms with Gasteiger partial charge in [0, 0.05) is 12.3 Å². The maximum Gasteiger partial charge on any atom is 0.407 e. The Morgan fingerprint density at radius 1 is 0.818 bits per heavy atom. The average Bonchev–Trinajstić information content (AvgIpc) is 3.12. The normalized spacial score (nSPS) is 13.0. The number of carboxylic acid groups (broad SMARTS) is 2. The number of rotatable bonds is 8. The molecular weight excluding hydrogens is 422 g/mol. The number of carboxylic acids is 2. The van der Waals surface area contributed by atoms with Gasteiger partial charge in [-0.25, -0.2) is 9.59 Å². The number of nitrogens with one attached hydrogen (secondary N) is 1. The first kappa shape index (κ1) is 22.1. The van der Waals surface area contributed by atoms with Crippen molar-refractivity contribution in [2.45, 2.75) is 24.8 Å². The number of alkyl carbamates (subject to hydrolysis) is 1. The molecule has 0 bridgehead atoms. The first-order valence-electron chi connectivity index (χ1n) is 10.6. The molecular formula is C26H23NO6. The quantitative estimate of drug-likeness (QED) is 0.486. The molecule has 0 spiro atoms. The summed E-state index contributed by atoms with van der Waals surface area (Å²) in [6.45, 7) is 0.0933. The summed E-state index contributed by atoms with van der Waals surface area (Å²) in [6, 6.07) is 21.3. The molecule has 3 aromatic carbocycles. The molecule has 4 rings (SSSR count). The highest BCUT2D eigenvalue weighted by Gasteiger charge is 2.29. The van der Waals surface area contributed by atoms with Gasteiger partial charge in [-0.05, 0) is 33.4 Å². The first-order valence-corrected chi connectivity index (χ1v) is 10.6. The Balaban J connectivity index is 1.39. The Bertz CT molecular complexity index is 1140. The lowest BCUT2D eigenvalue weighted by Gasteiger charge is -2.17. The van der Waals surface area contributed by atoms with E-state index in [4.69, 9.17) is 9.84 Å². The van der Waals surface area contributed by atoms with Crippen LogP contribution in [0.1, 0.15) is 28.2 Å². The van der Waals surface area contributed by atoms with Crippen LogP contribution in [-0.4, -0.2) is 40.9 Å². The second-order valence-electron chi connectivity index (χ2n) is 7.95. The van der Waals surface area contributed by atoms with Gasteiger partial charge in [-0.15, -0.1) is 0 Å². The summed E-state index contributed by atoms with van der Waals surface area (Å²) in [7, 11) is 0. The molecule has 1 aliphatic carbocycles. The van der Waals surface area contributed by atoms with Crippen LogP contribution in [0, 0.1) is 0 Å². The van der Waals surface area contributed by atoms with Gasteiger partial charge < -0.3 is 20.3 Å². The van der Waals surface area contributed by atoms with Crippen LogP contribution in [0.15, 0.2) is 72.8 Å². The number of carbonyl (C=O) groups excluding carboxylic acids is 1. The summed E-state index contributed by atoms with van der Waals surface area (Å²) in [5, 5.41) is 20.8. The molecule has 0 heterocycles. The molecule has 3 N–H and O–H groups in total. The molecule has 168 valence electrons. The SMILES string of the molecule is O=C(O)Cc1ccc(C[C@H](NC(=O)OCC2c3ccccc3-c3ccccc32)C(=O)O)cc1. The summed E-state index contributed by atoms with van der Waals surface area (Å²) < 4.78 is 5.44. The zero-order chi connectivity index (χ0) is 23.4. The van der Waals surface area contributed by atoms with Crippen LogP contribution in [0.5, 0.6) is 0 Å². The molecule has 1 atom stereocenters. The standard InChI is InChI=1S/C26H23NO6/c28-24(29)14-17-11-9-16(10-12-17)13-23(25(30)31)27-26(32)33-15-22-20-7-3-1-5-18(20)19-6-2-4-8-21(19)22/h1-12,22-23H,13-15H2,(H,27,32)(H,28,29)(H,30,31)/t23-/m0/s1. The van der Waals surface area contributed by atoms with Crippen molar-refractivity contribution in [2.75, 3.05) is 6.61 Å². The summed E-state index contributed by atoms with van der Waals surface area (Å²) in [4.78, 5) is 34.9. The number of benzene rings is 3. The highest BCUT2D eigenvalue weighted by Crippen LogP contribution is 2.44. The molecule has 33 heavy (non-hydrogen) atoms.